The van der Waals surface area contributed by atoms with Crippen LogP contribution >= 0.6 is 0 Å². The van der Waals surface area contributed by atoms with Gasteiger partial charge in [0.05, 0.1) is 13.2 Å². The molecule has 0 unspecified atom stereocenters. The van der Waals surface area contributed by atoms with E-state index in [-0.39, 0.29) is 11.5 Å². The second kappa shape index (κ2) is 8.54. The molecule has 1 aromatic carbocycles. The van der Waals surface area contributed by atoms with Gasteiger partial charge in [0, 0.05) is 43.8 Å². The van der Waals surface area contributed by atoms with Crippen molar-refractivity contribution in [1.29, 1.82) is 5.26 Å². The largest absolute Gasteiger partial charge is 0.378 e. The van der Waals surface area contributed by atoms with E-state index >= 15 is 0 Å². The first kappa shape index (κ1) is 17.3. The highest BCUT2D eigenvalue weighted by Crippen LogP contribution is 2.22. The van der Waals surface area contributed by atoms with Gasteiger partial charge in [0.25, 0.3) is 5.91 Å². The smallest absolute Gasteiger partial charge is 0.266 e. The number of ether oxygens (including phenoxy) is 1. The number of carbonyl (C=O) groups is 1. The van der Waals surface area contributed by atoms with Crippen LogP contribution in [-0.2, 0) is 9.53 Å². The molecule has 2 aliphatic rings. The average Bonchev–Trinajstić information content (AvgIpc) is 2.70. The van der Waals surface area contributed by atoms with E-state index in [1.54, 1.807) is 4.90 Å². The SMILES string of the molecule is N#C/C(=C/Nc1ccc(N2CCCCC2)cc1)C(=O)N1CCOCC1. The molecule has 0 aromatic heterocycles. The number of hydrogen-bond acceptors (Lipinski definition) is 5. The van der Waals surface area contributed by atoms with Gasteiger partial charge in [-0.1, -0.05) is 0 Å². The van der Waals surface area contributed by atoms with Crippen molar-refractivity contribution in [2.24, 2.45) is 0 Å². The fourth-order valence-corrected chi connectivity index (χ4v) is 3.15. The lowest BCUT2D eigenvalue weighted by Crippen LogP contribution is -2.41. The highest BCUT2D eigenvalue weighted by atomic mass is 16.5. The van der Waals surface area contributed by atoms with Gasteiger partial charge in [-0.15, -0.1) is 0 Å². The van der Waals surface area contributed by atoms with Crippen LogP contribution in [0.4, 0.5) is 11.4 Å². The van der Waals surface area contributed by atoms with Crippen LogP contribution in [-0.4, -0.2) is 50.2 Å². The lowest BCUT2D eigenvalue weighted by Gasteiger charge is -2.28. The minimum absolute atomic E-state index is 0.113. The summed E-state index contributed by atoms with van der Waals surface area (Å²) in [6.45, 7) is 4.33. The van der Waals surface area contributed by atoms with Crippen molar-refractivity contribution < 1.29 is 9.53 Å². The predicted molar refractivity (Wildman–Crippen MR) is 97.2 cm³/mol. The molecule has 3 rings (SSSR count). The maximum atomic E-state index is 12.3. The Balaban J connectivity index is 1.61. The average molecular weight is 340 g/mol. The predicted octanol–water partition coefficient (Wildman–Crippen LogP) is 2.36. The van der Waals surface area contributed by atoms with Crippen molar-refractivity contribution in [3.63, 3.8) is 0 Å². The lowest BCUT2D eigenvalue weighted by atomic mass is 10.1. The molecule has 6 nitrogen and oxygen atoms in total. The van der Waals surface area contributed by atoms with E-state index in [1.807, 2.05) is 18.2 Å². The van der Waals surface area contributed by atoms with Gasteiger partial charge in [0.15, 0.2) is 0 Å². The fraction of sp³-hybridized carbons (Fsp3) is 0.474. The highest BCUT2D eigenvalue weighted by molar-refractivity contribution is 5.97. The maximum absolute atomic E-state index is 12.3. The number of nitrogens with one attached hydrogen (secondary N) is 1. The Hall–Kier alpha value is -2.52. The molecule has 0 saturated carbocycles. The third-order valence-corrected chi connectivity index (χ3v) is 4.62. The van der Waals surface area contributed by atoms with Crippen LogP contribution in [0.3, 0.4) is 0 Å². The summed E-state index contributed by atoms with van der Waals surface area (Å²) in [7, 11) is 0. The van der Waals surface area contributed by atoms with Gasteiger partial charge in [-0.3, -0.25) is 4.79 Å². The Kier molecular flexibility index (Phi) is 5.91. The summed E-state index contributed by atoms with van der Waals surface area (Å²) >= 11 is 0. The first-order valence-corrected chi connectivity index (χ1v) is 8.87. The molecular weight excluding hydrogens is 316 g/mol. The van der Waals surface area contributed by atoms with Crippen molar-refractivity contribution in [2.45, 2.75) is 19.3 Å². The zero-order chi connectivity index (χ0) is 17.5. The number of anilines is 2. The molecule has 0 radical (unpaired) electrons. The van der Waals surface area contributed by atoms with Gasteiger partial charge in [-0.05, 0) is 43.5 Å². The highest BCUT2D eigenvalue weighted by Gasteiger charge is 2.20. The maximum Gasteiger partial charge on any atom is 0.266 e. The van der Waals surface area contributed by atoms with Gasteiger partial charge >= 0.3 is 0 Å². The third kappa shape index (κ3) is 4.52. The molecule has 1 amide bonds. The van der Waals surface area contributed by atoms with Gasteiger partial charge in [0.1, 0.15) is 11.6 Å². The normalized spacial score (nSPS) is 18.6. The molecule has 2 saturated heterocycles. The molecule has 0 spiro atoms. The lowest BCUT2D eigenvalue weighted by molar-refractivity contribution is -0.130. The van der Waals surface area contributed by atoms with E-state index in [9.17, 15) is 10.1 Å². The Morgan fingerprint density at radius 3 is 2.40 bits per heavy atom. The van der Waals surface area contributed by atoms with E-state index in [0.29, 0.717) is 26.3 Å². The fourth-order valence-electron chi connectivity index (χ4n) is 3.15. The van der Waals surface area contributed by atoms with E-state index in [0.717, 1.165) is 18.8 Å². The van der Waals surface area contributed by atoms with Crippen LogP contribution in [0, 0.1) is 11.3 Å². The third-order valence-electron chi connectivity index (χ3n) is 4.62. The van der Waals surface area contributed by atoms with Gasteiger partial charge in [-0.2, -0.15) is 5.26 Å². The van der Waals surface area contributed by atoms with E-state index in [1.165, 1.54) is 31.1 Å². The molecule has 25 heavy (non-hydrogen) atoms. The summed E-state index contributed by atoms with van der Waals surface area (Å²) in [4.78, 5) is 16.4. The molecule has 6 heteroatoms. The summed E-state index contributed by atoms with van der Waals surface area (Å²) in [5.41, 5.74) is 2.20. The number of carbonyl (C=O) groups excluding carboxylic acids is 1. The Morgan fingerprint density at radius 2 is 1.76 bits per heavy atom. The summed E-state index contributed by atoms with van der Waals surface area (Å²) < 4.78 is 5.24. The topological polar surface area (TPSA) is 68.6 Å². The van der Waals surface area contributed by atoms with Crippen LogP contribution in [0.15, 0.2) is 36.0 Å². The van der Waals surface area contributed by atoms with Crippen molar-refractivity contribution in [3.05, 3.63) is 36.0 Å². The number of morpholine rings is 1. The second-order valence-electron chi connectivity index (χ2n) is 6.31. The Labute approximate surface area is 148 Å². The molecule has 1 N–H and O–H groups in total. The molecule has 2 fully saturated rings. The van der Waals surface area contributed by atoms with Crippen molar-refractivity contribution in [1.82, 2.24) is 4.90 Å². The van der Waals surface area contributed by atoms with Gasteiger partial charge in [0.2, 0.25) is 0 Å². The van der Waals surface area contributed by atoms with Crippen molar-refractivity contribution in [2.75, 3.05) is 49.6 Å². The number of piperidine rings is 1. The minimum Gasteiger partial charge on any atom is -0.378 e. The van der Waals surface area contributed by atoms with E-state index in [2.05, 4.69) is 22.3 Å². The first-order valence-electron chi connectivity index (χ1n) is 8.87. The zero-order valence-corrected chi connectivity index (χ0v) is 14.4. The second-order valence-corrected chi connectivity index (χ2v) is 6.31. The number of hydrogen-bond donors (Lipinski definition) is 1. The molecule has 2 aliphatic heterocycles. The molecule has 2 heterocycles. The standard InChI is InChI=1S/C19H24N4O2/c20-14-16(19(24)23-10-12-25-13-11-23)15-21-17-4-6-18(7-5-17)22-8-2-1-3-9-22/h4-7,15,21H,1-3,8-13H2/b16-15-. The van der Waals surface area contributed by atoms with Crippen LogP contribution in [0.2, 0.25) is 0 Å². The molecule has 0 aliphatic carbocycles. The zero-order valence-electron chi connectivity index (χ0n) is 14.4. The van der Waals surface area contributed by atoms with Crippen molar-refractivity contribution in [3.8, 4) is 6.07 Å². The Bertz CT molecular complexity index is 651. The first-order chi connectivity index (χ1) is 12.3. The summed E-state index contributed by atoms with van der Waals surface area (Å²) in [5, 5.41) is 12.3. The van der Waals surface area contributed by atoms with Crippen LogP contribution in [0.25, 0.3) is 0 Å². The summed E-state index contributed by atoms with van der Waals surface area (Å²) in [5.74, 6) is -0.247. The van der Waals surface area contributed by atoms with E-state index < -0.39 is 0 Å². The molecule has 132 valence electrons. The Morgan fingerprint density at radius 1 is 1.08 bits per heavy atom. The number of rotatable bonds is 4. The number of amides is 1. The minimum atomic E-state index is -0.247. The molecule has 0 atom stereocenters. The molecule has 1 aromatic rings. The van der Waals surface area contributed by atoms with Gasteiger partial charge < -0.3 is 19.9 Å². The van der Waals surface area contributed by atoms with E-state index in [4.69, 9.17) is 4.74 Å². The summed E-state index contributed by atoms with van der Waals surface area (Å²) in [6, 6.07) is 10.1. The van der Waals surface area contributed by atoms with Crippen LogP contribution in [0.5, 0.6) is 0 Å². The molecular formula is C19H24N4O2. The van der Waals surface area contributed by atoms with Crippen LogP contribution in [0.1, 0.15) is 19.3 Å². The van der Waals surface area contributed by atoms with Gasteiger partial charge in [-0.25, -0.2) is 0 Å². The number of nitriles is 1. The summed E-state index contributed by atoms with van der Waals surface area (Å²) in [6.07, 6.45) is 5.30. The number of nitrogens with zero attached hydrogens (tertiary/aromatic N) is 3. The number of benzene rings is 1. The quantitative estimate of drug-likeness (QED) is 0.673. The van der Waals surface area contributed by atoms with Crippen LogP contribution < -0.4 is 10.2 Å². The monoisotopic (exact) mass is 340 g/mol. The molecule has 0 bridgehead atoms. The van der Waals surface area contributed by atoms with Crippen molar-refractivity contribution >= 4 is 17.3 Å².